The molecular weight excluding hydrogens is 612 g/mol. The number of thiol groups is 1. The number of halogens is 5. The van der Waals surface area contributed by atoms with E-state index in [0.717, 1.165) is 42.0 Å². The normalized spacial score (nSPS) is 16.5. The summed E-state index contributed by atoms with van der Waals surface area (Å²) in [6.45, 7) is 1.38. The van der Waals surface area contributed by atoms with Gasteiger partial charge in [0.1, 0.15) is 17.0 Å². The van der Waals surface area contributed by atoms with Crippen LogP contribution in [0.15, 0.2) is 53.3 Å². The number of rotatable bonds is 7. The second-order valence-corrected chi connectivity index (χ2v) is 11.0. The molecule has 1 unspecified atom stereocenters. The molecule has 1 aliphatic carbocycles. The van der Waals surface area contributed by atoms with Crippen LogP contribution in [0.5, 0.6) is 0 Å². The number of carboxylic acid groups (broad SMARTS) is 1. The zero-order valence-corrected chi connectivity index (χ0v) is 24.4. The van der Waals surface area contributed by atoms with Gasteiger partial charge in [0.25, 0.3) is 5.56 Å². The number of aromatic nitrogens is 2. The number of carboxylic acids is 1. The molecule has 1 aromatic heterocycles. The Balaban J connectivity index is 0.000000541. The predicted octanol–water partition coefficient (Wildman–Crippen LogP) is 5.42. The molecule has 2 heterocycles. The zero-order valence-electron chi connectivity index (χ0n) is 22.8. The average molecular weight is 641 g/mol. The van der Waals surface area contributed by atoms with Gasteiger partial charge < -0.3 is 15.3 Å². The summed E-state index contributed by atoms with van der Waals surface area (Å²) in [6, 6.07) is 14.1. The first-order chi connectivity index (χ1) is 20.4. The molecule has 3 aromatic rings. The van der Waals surface area contributed by atoms with Crippen LogP contribution in [0, 0.1) is 5.82 Å². The first kappa shape index (κ1) is 32.5. The van der Waals surface area contributed by atoms with E-state index in [1.807, 2.05) is 30.3 Å². The number of alkyl halides is 3. The molecule has 2 aliphatic rings. The Morgan fingerprint density at radius 1 is 1.14 bits per heavy atom. The smallest absolute Gasteiger partial charge is 0.475 e. The van der Waals surface area contributed by atoms with Crippen molar-refractivity contribution in [2.45, 2.75) is 56.1 Å². The molecule has 1 fully saturated rings. The van der Waals surface area contributed by atoms with E-state index in [1.54, 1.807) is 21.6 Å². The van der Waals surface area contributed by atoms with Crippen molar-refractivity contribution in [2.24, 2.45) is 0 Å². The molecule has 1 saturated carbocycles. The van der Waals surface area contributed by atoms with E-state index >= 15 is 0 Å². The minimum absolute atomic E-state index is 0.0745. The molecular formula is C29H29ClF4N4O4S. The number of hydrogen-bond acceptors (Lipinski definition) is 6. The summed E-state index contributed by atoms with van der Waals surface area (Å²) in [5, 5.41) is 9.74. The number of aliphatic carboxylic acids is 1. The molecule has 0 saturated heterocycles. The van der Waals surface area contributed by atoms with Gasteiger partial charge in [-0.25, -0.2) is 14.2 Å². The van der Waals surface area contributed by atoms with E-state index in [4.69, 9.17) is 39.1 Å². The fourth-order valence-electron chi connectivity index (χ4n) is 4.80. The fraction of sp³-hybridized carbons (Fsp3) is 0.379. The van der Waals surface area contributed by atoms with Crippen LogP contribution in [0.1, 0.15) is 59.6 Å². The van der Waals surface area contributed by atoms with Crippen LogP contribution < -0.4 is 10.9 Å². The van der Waals surface area contributed by atoms with Crippen LogP contribution in [0.25, 0.3) is 5.69 Å². The molecule has 1 aliphatic heterocycles. The van der Waals surface area contributed by atoms with Crippen LogP contribution in [0.4, 0.5) is 17.6 Å². The maximum atomic E-state index is 13.8. The van der Waals surface area contributed by atoms with Crippen molar-refractivity contribution in [2.75, 3.05) is 13.1 Å². The van der Waals surface area contributed by atoms with Gasteiger partial charge in [0, 0.05) is 38.4 Å². The van der Waals surface area contributed by atoms with E-state index in [0.29, 0.717) is 31.6 Å². The van der Waals surface area contributed by atoms with Crippen molar-refractivity contribution < 1.29 is 32.3 Å². The SMILES string of the molecule is O=C(CCNCc1ccc(F)c(Cl)c1)N1CCc2nc(C3CCC3)n(-c3ccccc3)c(=O)c2C1S.O=C(O)C(F)(F)F. The minimum atomic E-state index is -5.08. The number of benzene rings is 2. The van der Waals surface area contributed by atoms with Crippen molar-refractivity contribution in [3.8, 4) is 5.69 Å². The Kier molecular flexibility index (Phi) is 10.5. The molecule has 230 valence electrons. The van der Waals surface area contributed by atoms with Gasteiger partial charge in [-0.3, -0.25) is 14.2 Å². The summed E-state index contributed by atoms with van der Waals surface area (Å²) >= 11 is 10.6. The largest absolute Gasteiger partial charge is 0.490 e. The molecule has 1 amide bonds. The lowest BCUT2D eigenvalue weighted by Gasteiger charge is -2.35. The summed E-state index contributed by atoms with van der Waals surface area (Å²) in [5.41, 5.74) is 2.72. The topological polar surface area (TPSA) is 105 Å². The van der Waals surface area contributed by atoms with E-state index in [2.05, 4.69) is 5.32 Å². The van der Waals surface area contributed by atoms with E-state index in [9.17, 15) is 27.2 Å². The summed E-state index contributed by atoms with van der Waals surface area (Å²) in [4.78, 5) is 42.4. The third-order valence-corrected chi connectivity index (χ3v) is 8.07. The lowest BCUT2D eigenvalue weighted by atomic mass is 9.84. The van der Waals surface area contributed by atoms with Gasteiger partial charge in [-0.15, -0.1) is 12.6 Å². The van der Waals surface area contributed by atoms with Gasteiger partial charge in [0.2, 0.25) is 5.91 Å². The second-order valence-electron chi connectivity index (χ2n) is 10.1. The highest BCUT2D eigenvalue weighted by Gasteiger charge is 2.38. The van der Waals surface area contributed by atoms with Crippen LogP contribution in [-0.2, 0) is 22.6 Å². The van der Waals surface area contributed by atoms with Gasteiger partial charge in [0.05, 0.1) is 22.0 Å². The third-order valence-electron chi connectivity index (χ3n) is 7.24. The summed E-state index contributed by atoms with van der Waals surface area (Å²) in [6.07, 6.45) is -1.09. The maximum Gasteiger partial charge on any atom is 0.490 e. The summed E-state index contributed by atoms with van der Waals surface area (Å²) < 4.78 is 46.8. The standard InChI is InChI=1S/C27H28ClFN4O2S.C2HF3O2/c28-20-15-17(9-10-21(20)29)16-30-13-11-23(34)32-14-12-22-24(27(32)36)26(35)33(19-7-2-1-3-8-19)25(31-22)18-5-4-6-18;3-2(4,5)1(6)7/h1-3,7-10,15,18,27,30,36H,4-6,11-14,16H2;(H,6,7). The van der Waals surface area contributed by atoms with Crippen molar-refractivity contribution in [3.63, 3.8) is 0 Å². The lowest BCUT2D eigenvalue weighted by molar-refractivity contribution is -0.192. The Bertz CT molecular complexity index is 1530. The van der Waals surface area contributed by atoms with E-state index in [1.165, 1.54) is 6.07 Å². The quantitative estimate of drug-likeness (QED) is 0.181. The number of hydrogen-bond donors (Lipinski definition) is 3. The average Bonchev–Trinajstić information content (AvgIpc) is 2.92. The molecule has 5 rings (SSSR count). The predicted molar refractivity (Wildman–Crippen MR) is 155 cm³/mol. The van der Waals surface area contributed by atoms with Crippen LogP contribution in [0.2, 0.25) is 5.02 Å². The second kappa shape index (κ2) is 13.9. The molecule has 2 aromatic carbocycles. The minimum Gasteiger partial charge on any atom is -0.475 e. The Morgan fingerprint density at radius 3 is 2.40 bits per heavy atom. The third kappa shape index (κ3) is 7.76. The van der Waals surface area contributed by atoms with Crippen molar-refractivity contribution in [1.29, 1.82) is 0 Å². The highest BCUT2D eigenvalue weighted by molar-refractivity contribution is 7.80. The van der Waals surface area contributed by atoms with Gasteiger partial charge in [-0.05, 0) is 42.7 Å². The molecule has 43 heavy (non-hydrogen) atoms. The van der Waals surface area contributed by atoms with Crippen molar-refractivity contribution in [3.05, 3.63) is 92.4 Å². The molecule has 0 spiro atoms. The highest BCUT2D eigenvalue weighted by atomic mass is 35.5. The number of nitrogens with zero attached hydrogens (tertiary/aromatic N) is 3. The fourth-order valence-corrected chi connectivity index (χ4v) is 5.51. The highest BCUT2D eigenvalue weighted by Crippen LogP contribution is 2.38. The van der Waals surface area contributed by atoms with Crippen LogP contribution in [0.3, 0.4) is 0 Å². The number of carbonyl (C=O) groups excluding carboxylic acids is 1. The molecule has 8 nitrogen and oxygen atoms in total. The maximum absolute atomic E-state index is 13.8. The number of fused-ring (bicyclic) bond motifs is 1. The lowest BCUT2D eigenvalue weighted by Crippen LogP contribution is -2.44. The van der Waals surface area contributed by atoms with Gasteiger partial charge in [-0.2, -0.15) is 13.2 Å². The molecule has 14 heteroatoms. The first-order valence-corrected chi connectivity index (χ1v) is 14.4. The Morgan fingerprint density at radius 2 is 1.81 bits per heavy atom. The van der Waals surface area contributed by atoms with E-state index in [-0.39, 0.29) is 28.8 Å². The van der Waals surface area contributed by atoms with Crippen molar-refractivity contribution in [1.82, 2.24) is 19.8 Å². The van der Waals surface area contributed by atoms with Crippen LogP contribution in [-0.4, -0.2) is 50.7 Å². The number of amides is 1. The Labute approximate surface area is 255 Å². The zero-order chi connectivity index (χ0) is 31.3. The van der Waals surface area contributed by atoms with Crippen molar-refractivity contribution >= 4 is 36.1 Å². The van der Waals surface area contributed by atoms with Crippen LogP contribution >= 0.6 is 24.2 Å². The van der Waals surface area contributed by atoms with Gasteiger partial charge >= 0.3 is 12.1 Å². The molecule has 1 atom stereocenters. The summed E-state index contributed by atoms with van der Waals surface area (Å²) in [5.74, 6) is -2.20. The molecule has 2 N–H and O–H groups in total. The number of para-hydroxylation sites is 1. The summed E-state index contributed by atoms with van der Waals surface area (Å²) in [7, 11) is 0. The Hall–Kier alpha value is -3.42. The molecule has 0 bridgehead atoms. The van der Waals surface area contributed by atoms with Gasteiger partial charge in [-0.1, -0.05) is 42.3 Å². The van der Waals surface area contributed by atoms with E-state index < -0.39 is 23.3 Å². The molecule has 0 radical (unpaired) electrons. The first-order valence-electron chi connectivity index (χ1n) is 13.5. The van der Waals surface area contributed by atoms with Gasteiger partial charge in [0.15, 0.2) is 0 Å². The number of carbonyl (C=O) groups is 2. The monoisotopic (exact) mass is 640 g/mol. The number of nitrogens with one attached hydrogen (secondary N) is 1.